The number of amides is 1. The van der Waals surface area contributed by atoms with Crippen molar-refractivity contribution in [2.24, 2.45) is 0 Å². The summed E-state index contributed by atoms with van der Waals surface area (Å²) in [5, 5.41) is 3.44. The van der Waals surface area contributed by atoms with Gasteiger partial charge in [-0.1, -0.05) is 60.7 Å². The van der Waals surface area contributed by atoms with Crippen molar-refractivity contribution in [2.45, 2.75) is 32.0 Å². The minimum atomic E-state index is -2.87. The maximum Gasteiger partial charge on any atom is 0.387 e. The molecule has 31 heavy (non-hydrogen) atoms. The van der Waals surface area contributed by atoms with Crippen LogP contribution in [0.25, 0.3) is 0 Å². The second kappa shape index (κ2) is 9.27. The molecule has 2 atom stereocenters. The number of anilines is 1. The fourth-order valence-corrected chi connectivity index (χ4v) is 3.99. The van der Waals surface area contributed by atoms with E-state index in [1.807, 2.05) is 60.4 Å². The minimum Gasteiger partial charge on any atom is -0.435 e. The summed E-state index contributed by atoms with van der Waals surface area (Å²) in [6.07, 6.45) is 0.850. The Morgan fingerprint density at radius 1 is 0.935 bits per heavy atom. The Morgan fingerprint density at radius 2 is 1.58 bits per heavy atom. The van der Waals surface area contributed by atoms with Gasteiger partial charge in [-0.2, -0.15) is 8.78 Å². The number of nitrogens with zero attached hydrogens (tertiary/aromatic N) is 1. The van der Waals surface area contributed by atoms with Crippen LogP contribution in [0.1, 0.15) is 29.7 Å². The molecule has 0 aliphatic carbocycles. The molecule has 0 unspecified atom stereocenters. The first-order chi connectivity index (χ1) is 15.0. The lowest BCUT2D eigenvalue weighted by Gasteiger charge is -2.27. The third-order valence-corrected chi connectivity index (χ3v) is 5.51. The molecule has 0 spiro atoms. The highest BCUT2D eigenvalue weighted by molar-refractivity contribution is 5.98. The molecule has 1 amide bonds. The average Bonchev–Trinajstić information content (AvgIpc) is 3.22. The molecule has 0 saturated carbocycles. The van der Waals surface area contributed by atoms with Crippen LogP contribution in [0, 0.1) is 0 Å². The van der Waals surface area contributed by atoms with Crippen LogP contribution in [0.15, 0.2) is 78.9 Å². The zero-order valence-electron chi connectivity index (χ0n) is 17.2. The standard InChI is InChI=1S/C25H24F2N2O2/c1-17(24(30)29-16-15-18-7-5-6-10-22(18)29)28-23(19-8-3-2-4-9-19)20-11-13-21(14-12-20)31-25(26)27/h2-14,17,23,25,28H,15-16H2,1H3/t17-,23-/m1/s1. The second-order valence-electron chi connectivity index (χ2n) is 7.55. The zero-order valence-corrected chi connectivity index (χ0v) is 17.2. The third-order valence-electron chi connectivity index (χ3n) is 5.51. The van der Waals surface area contributed by atoms with Gasteiger partial charge >= 0.3 is 6.61 Å². The first kappa shape index (κ1) is 21.0. The van der Waals surface area contributed by atoms with Crippen molar-refractivity contribution < 1.29 is 18.3 Å². The number of halogens is 2. The monoisotopic (exact) mass is 422 g/mol. The summed E-state index contributed by atoms with van der Waals surface area (Å²) >= 11 is 0. The number of ether oxygens (including phenoxy) is 1. The molecular weight excluding hydrogens is 398 g/mol. The van der Waals surface area contributed by atoms with Crippen LogP contribution < -0.4 is 15.0 Å². The van der Waals surface area contributed by atoms with E-state index in [1.165, 1.54) is 17.7 Å². The van der Waals surface area contributed by atoms with Crippen molar-refractivity contribution in [1.82, 2.24) is 5.32 Å². The van der Waals surface area contributed by atoms with Gasteiger partial charge in [0.25, 0.3) is 0 Å². The van der Waals surface area contributed by atoms with Gasteiger partial charge in [-0.15, -0.1) is 0 Å². The van der Waals surface area contributed by atoms with Gasteiger partial charge in [-0.05, 0) is 48.2 Å². The molecule has 1 aliphatic rings. The number of rotatable bonds is 7. The number of nitrogens with one attached hydrogen (secondary N) is 1. The molecule has 4 nitrogen and oxygen atoms in total. The van der Waals surface area contributed by atoms with Gasteiger partial charge in [-0.3, -0.25) is 10.1 Å². The molecule has 0 saturated heterocycles. The third kappa shape index (κ3) is 4.75. The summed E-state index contributed by atoms with van der Waals surface area (Å²) in [6.45, 7) is -0.345. The van der Waals surface area contributed by atoms with Gasteiger partial charge < -0.3 is 9.64 Å². The van der Waals surface area contributed by atoms with Crippen molar-refractivity contribution in [1.29, 1.82) is 0 Å². The predicted molar refractivity (Wildman–Crippen MR) is 116 cm³/mol. The second-order valence-corrected chi connectivity index (χ2v) is 7.55. The summed E-state index contributed by atoms with van der Waals surface area (Å²) in [6, 6.07) is 23.5. The maximum absolute atomic E-state index is 13.2. The number of carbonyl (C=O) groups is 1. The Kier molecular flexibility index (Phi) is 6.28. The molecule has 6 heteroatoms. The van der Waals surface area contributed by atoms with Crippen LogP contribution in [-0.4, -0.2) is 25.1 Å². The van der Waals surface area contributed by atoms with Crippen molar-refractivity contribution >= 4 is 11.6 Å². The Morgan fingerprint density at radius 3 is 2.29 bits per heavy atom. The summed E-state index contributed by atoms with van der Waals surface area (Å²) in [5.41, 5.74) is 3.98. The van der Waals surface area contributed by atoms with E-state index in [9.17, 15) is 13.6 Å². The topological polar surface area (TPSA) is 41.6 Å². The molecule has 1 aliphatic heterocycles. The zero-order chi connectivity index (χ0) is 21.8. The molecule has 0 radical (unpaired) electrons. The van der Waals surface area contributed by atoms with Crippen LogP contribution in [-0.2, 0) is 11.2 Å². The summed E-state index contributed by atoms with van der Waals surface area (Å²) in [4.78, 5) is 15.1. The number of fused-ring (bicyclic) bond motifs is 1. The largest absolute Gasteiger partial charge is 0.435 e. The van der Waals surface area contributed by atoms with Crippen molar-refractivity contribution in [3.05, 3.63) is 95.6 Å². The van der Waals surface area contributed by atoms with Gasteiger partial charge in [-0.25, -0.2) is 0 Å². The lowest BCUT2D eigenvalue weighted by Crippen LogP contribution is -2.45. The Bertz CT molecular complexity index is 1030. The van der Waals surface area contributed by atoms with E-state index in [0.717, 1.165) is 23.2 Å². The molecule has 4 rings (SSSR count). The molecule has 1 heterocycles. The number of hydrogen-bond donors (Lipinski definition) is 1. The fourth-order valence-electron chi connectivity index (χ4n) is 3.99. The SMILES string of the molecule is C[C@@H](N[C@H](c1ccccc1)c1ccc(OC(F)F)cc1)C(=O)N1CCc2ccccc21. The molecule has 160 valence electrons. The quantitative estimate of drug-likeness (QED) is 0.586. The molecule has 0 aromatic heterocycles. The number of carbonyl (C=O) groups excluding carboxylic acids is 1. The van der Waals surface area contributed by atoms with Crippen molar-refractivity contribution in [3.63, 3.8) is 0 Å². The fraction of sp³-hybridized carbons (Fsp3) is 0.240. The van der Waals surface area contributed by atoms with E-state index in [2.05, 4.69) is 16.1 Å². The van der Waals surface area contributed by atoms with Gasteiger partial charge in [0, 0.05) is 12.2 Å². The molecule has 3 aromatic rings. The number of alkyl halides is 2. The van der Waals surface area contributed by atoms with Crippen LogP contribution >= 0.6 is 0 Å². The van der Waals surface area contributed by atoms with Crippen molar-refractivity contribution in [2.75, 3.05) is 11.4 Å². The molecule has 0 bridgehead atoms. The Labute approximate surface area is 180 Å². The van der Waals surface area contributed by atoms with Crippen molar-refractivity contribution in [3.8, 4) is 5.75 Å². The number of benzene rings is 3. The van der Waals surface area contributed by atoms with Gasteiger partial charge in [0.2, 0.25) is 5.91 Å². The molecule has 1 N–H and O–H groups in total. The smallest absolute Gasteiger partial charge is 0.387 e. The maximum atomic E-state index is 13.2. The predicted octanol–water partition coefficient (Wildman–Crippen LogP) is 4.94. The summed E-state index contributed by atoms with van der Waals surface area (Å²) in [7, 11) is 0. The van der Waals surface area contributed by atoms with Gasteiger partial charge in [0.1, 0.15) is 5.75 Å². The molecular formula is C25H24F2N2O2. The first-order valence-electron chi connectivity index (χ1n) is 10.3. The van der Waals surface area contributed by atoms with Crippen LogP contribution in [0.4, 0.5) is 14.5 Å². The summed E-state index contributed by atoms with van der Waals surface area (Å²) in [5.74, 6) is 0.104. The minimum absolute atomic E-state index is 0.00327. The number of para-hydroxylation sites is 1. The average molecular weight is 422 g/mol. The highest BCUT2D eigenvalue weighted by Crippen LogP contribution is 2.29. The highest BCUT2D eigenvalue weighted by Gasteiger charge is 2.29. The van der Waals surface area contributed by atoms with Crippen LogP contribution in [0.3, 0.4) is 0 Å². The Hall–Kier alpha value is -3.25. The normalized spacial score (nSPS) is 14.9. The van der Waals surface area contributed by atoms with Gasteiger partial charge in [0.15, 0.2) is 0 Å². The van der Waals surface area contributed by atoms with E-state index in [-0.39, 0.29) is 17.7 Å². The van der Waals surface area contributed by atoms with E-state index in [1.54, 1.807) is 12.1 Å². The lowest BCUT2D eigenvalue weighted by molar-refractivity contribution is -0.120. The van der Waals surface area contributed by atoms with Crippen LogP contribution in [0.5, 0.6) is 5.75 Å². The van der Waals surface area contributed by atoms with E-state index >= 15 is 0 Å². The van der Waals surface area contributed by atoms with E-state index < -0.39 is 12.7 Å². The highest BCUT2D eigenvalue weighted by atomic mass is 19.3. The molecule has 3 aromatic carbocycles. The molecule has 0 fully saturated rings. The van der Waals surface area contributed by atoms with E-state index in [4.69, 9.17) is 0 Å². The van der Waals surface area contributed by atoms with Crippen LogP contribution in [0.2, 0.25) is 0 Å². The summed E-state index contributed by atoms with van der Waals surface area (Å²) < 4.78 is 29.4. The van der Waals surface area contributed by atoms with Gasteiger partial charge in [0.05, 0.1) is 12.1 Å². The lowest BCUT2D eigenvalue weighted by atomic mass is 9.97. The van der Waals surface area contributed by atoms with E-state index in [0.29, 0.717) is 6.54 Å². The Balaban J connectivity index is 1.56. The number of hydrogen-bond acceptors (Lipinski definition) is 3. The first-order valence-corrected chi connectivity index (χ1v) is 10.3.